The maximum Gasteiger partial charge on any atom is 0.303 e. The molecule has 1 saturated heterocycles. The second-order valence-electron chi connectivity index (χ2n) is 6.79. The maximum absolute atomic E-state index is 13.9. The minimum absolute atomic E-state index is 0.0522. The first-order valence-electron chi connectivity index (χ1n) is 9.25. The van der Waals surface area contributed by atoms with E-state index in [2.05, 4.69) is 0 Å². The monoisotopic (exact) mass is 444 g/mol. The van der Waals surface area contributed by atoms with E-state index in [0.717, 1.165) is 39.8 Å². The predicted octanol–water partition coefficient (Wildman–Crippen LogP) is 1.76. The largest absolute Gasteiger partial charge is 0.463 e. The minimum atomic E-state index is -1.39. The zero-order valence-electron chi connectivity index (χ0n) is 17.3. The SMILES string of the molecule is CC(=O)OC[C@H]1O[C@H](c2ccc(F)c(F)c2)[C@@H](OC(C)=O)[C@@H](OC(C)=O)[C@@H]1OC(C)=O. The number of benzene rings is 1. The van der Waals surface area contributed by atoms with Crippen LogP contribution in [0.1, 0.15) is 39.4 Å². The van der Waals surface area contributed by atoms with Gasteiger partial charge in [-0.25, -0.2) is 8.78 Å². The third kappa shape index (κ3) is 6.45. The molecule has 1 heterocycles. The van der Waals surface area contributed by atoms with Crippen LogP contribution in [0.25, 0.3) is 0 Å². The van der Waals surface area contributed by atoms with Crippen LogP contribution in [0.4, 0.5) is 8.78 Å². The Labute approximate surface area is 176 Å². The lowest BCUT2D eigenvalue weighted by Gasteiger charge is -2.44. The molecule has 9 nitrogen and oxygen atoms in total. The third-order valence-corrected chi connectivity index (χ3v) is 4.26. The molecule has 5 atom stereocenters. The molecule has 1 aliphatic rings. The summed E-state index contributed by atoms with van der Waals surface area (Å²) < 4.78 is 53.9. The molecule has 0 aliphatic carbocycles. The van der Waals surface area contributed by atoms with Gasteiger partial charge in [0.25, 0.3) is 0 Å². The number of rotatable bonds is 6. The summed E-state index contributed by atoms with van der Waals surface area (Å²) in [7, 11) is 0. The molecule has 0 saturated carbocycles. The molecule has 2 rings (SSSR count). The highest BCUT2D eigenvalue weighted by Gasteiger charge is 2.52. The van der Waals surface area contributed by atoms with E-state index in [1.165, 1.54) is 6.07 Å². The zero-order chi connectivity index (χ0) is 23.3. The second kappa shape index (κ2) is 10.3. The normalized spacial score (nSPS) is 25.3. The Morgan fingerprint density at radius 2 is 1.35 bits per heavy atom. The van der Waals surface area contributed by atoms with Crippen LogP contribution in [-0.2, 0) is 42.9 Å². The fraction of sp³-hybridized carbons (Fsp3) is 0.500. The number of hydrogen-bond acceptors (Lipinski definition) is 9. The van der Waals surface area contributed by atoms with Crippen LogP contribution >= 0.6 is 0 Å². The average molecular weight is 444 g/mol. The average Bonchev–Trinajstić information content (AvgIpc) is 2.64. The Hall–Kier alpha value is -3.08. The first-order valence-corrected chi connectivity index (χ1v) is 9.25. The molecule has 0 bridgehead atoms. The summed E-state index contributed by atoms with van der Waals surface area (Å²) in [5.41, 5.74) is 0.0522. The van der Waals surface area contributed by atoms with Gasteiger partial charge in [0.05, 0.1) is 0 Å². The van der Waals surface area contributed by atoms with Crippen molar-refractivity contribution in [2.75, 3.05) is 6.61 Å². The number of esters is 4. The highest BCUT2D eigenvalue weighted by atomic mass is 19.2. The maximum atomic E-state index is 13.9. The van der Waals surface area contributed by atoms with Gasteiger partial charge in [-0.3, -0.25) is 19.2 Å². The van der Waals surface area contributed by atoms with E-state index in [1.807, 2.05) is 0 Å². The fourth-order valence-electron chi connectivity index (χ4n) is 3.19. The van der Waals surface area contributed by atoms with E-state index < -0.39 is 72.6 Å². The molecule has 0 aromatic heterocycles. The Morgan fingerprint density at radius 1 is 0.806 bits per heavy atom. The van der Waals surface area contributed by atoms with Crippen molar-refractivity contribution in [1.82, 2.24) is 0 Å². The minimum Gasteiger partial charge on any atom is -0.463 e. The smallest absolute Gasteiger partial charge is 0.303 e. The number of ether oxygens (including phenoxy) is 5. The molecule has 0 unspecified atom stereocenters. The molecule has 170 valence electrons. The van der Waals surface area contributed by atoms with Crippen molar-refractivity contribution in [3.05, 3.63) is 35.4 Å². The van der Waals surface area contributed by atoms with Gasteiger partial charge in [-0.1, -0.05) is 6.07 Å². The molecule has 31 heavy (non-hydrogen) atoms. The number of hydrogen-bond donors (Lipinski definition) is 0. The lowest BCUT2D eigenvalue weighted by Crippen LogP contribution is -2.59. The van der Waals surface area contributed by atoms with Crippen LogP contribution in [-0.4, -0.2) is 54.9 Å². The standard InChI is InChI=1S/C20H22F2O9/c1-9(23)27-8-16-18(28-10(2)24)20(30-12(4)26)19(29-11(3)25)17(31-16)13-5-6-14(21)15(22)7-13/h5-7,16-20H,8H2,1-4H3/t16-,17-,18-,19-,20+/m1/s1. The Kier molecular flexibility index (Phi) is 8.03. The Morgan fingerprint density at radius 3 is 1.87 bits per heavy atom. The summed E-state index contributed by atoms with van der Waals surface area (Å²) in [6, 6.07) is 2.87. The summed E-state index contributed by atoms with van der Waals surface area (Å²) in [6.45, 7) is 3.98. The van der Waals surface area contributed by atoms with Gasteiger partial charge in [0.1, 0.15) is 18.8 Å². The Balaban J connectivity index is 2.56. The first-order chi connectivity index (χ1) is 14.5. The van der Waals surface area contributed by atoms with Crippen LogP contribution in [0.3, 0.4) is 0 Å². The van der Waals surface area contributed by atoms with E-state index >= 15 is 0 Å². The highest BCUT2D eigenvalue weighted by molar-refractivity contribution is 5.68. The molecule has 1 aromatic carbocycles. The molecular weight excluding hydrogens is 422 g/mol. The topological polar surface area (TPSA) is 114 Å². The van der Waals surface area contributed by atoms with Gasteiger partial charge >= 0.3 is 23.9 Å². The number of carbonyl (C=O) groups is 4. The molecule has 11 heteroatoms. The van der Waals surface area contributed by atoms with Gasteiger partial charge in [-0.2, -0.15) is 0 Å². The molecule has 1 aliphatic heterocycles. The molecule has 0 radical (unpaired) electrons. The van der Waals surface area contributed by atoms with Crippen molar-refractivity contribution in [3.63, 3.8) is 0 Å². The van der Waals surface area contributed by atoms with Crippen molar-refractivity contribution in [3.8, 4) is 0 Å². The molecule has 0 N–H and O–H groups in total. The lowest BCUT2D eigenvalue weighted by atomic mass is 9.90. The number of carbonyl (C=O) groups excluding carboxylic acids is 4. The van der Waals surface area contributed by atoms with Gasteiger partial charge in [0.2, 0.25) is 0 Å². The van der Waals surface area contributed by atoms with Gasteiger partial charge in [0.15, 0.2) is 29.9 Å². The molecule has 0 spiro atoms. The fourth-order valence-corrected chi connectivity index (χ4v) is 3.19. The molecule has 1 aromatic rings. The van der Waals surface area contributed by atoms with Gasteiger partial charge in [0, 0.05) is 27.7 Å². The van der Waals surface area contributed by atoms with Gasteiger partial charge in [-0.15, -0.1) is 0 Å². The van der Waals surface area contributed by atoms with Crippen LogP contribution in [0.2, 0.25) is 0 Å². The summed E-state index contributed by atoms with van der Waals surface area (Å²) in [4.78, 5) is 46.4. The lowest BCUT2D eigenvalue weighted by molar-refractivity contribution is -0.254. The van der Waals surface area contributed by atoms with Crippen LogP contribution < -0.4 is 0 Å². The van der Waals surface area contributed by atoms with Crippen molar-refractivity contribution in [1.29, 1.82) is 0 Å². The van der Waals surface area contributed by atoms with E-state index in [1.54, 1.807) is 0 Å². The van der Waals surface area contributed by atoms with E-state index in [-0.39, 0.29) is 5.56 Å². The molecule has 1 fully saturated rings. The van der Waals surface area contributed by atoms with E-state index in [9.17, 15) is 28.0 Å². The van der Waals surface area contributed by atoms with Crippen molar-refractivity contribution in [2.24, 2.45) is 0 Å². The molecular formula is C20H22F2O9. The summed E-state index contributed by atoms with van der Waals surface area (Å²) in [5, 5.41) is 0. The summed E-state index contributed by atoms with van der Waals surface area (Å²) in [5.74, 6) is -5.33. The molecule has 0 amide bonds. The third-order valence-electron chi connectivity index (χ3n) is 4.26. The van der Waals surface area contributed by atoms with Crippen molar-refractivity contribution in [2.45, 2.75) is 58.2 Å². The van der Waals surface area contributed by atoms with Crippen molar-refractivity contribution >= 4 is 23.9 Å². The van der Waals surface area contributed by atoms with Gasteiger partial charge < -0.3 is 23.7 Å². The van der Waals surface area contributed by atoms with Crippen LogP contribution in [0.5, 0.6) is 0 Å². The summed E-state index contributed by atoms with van der Waals surface area (Å²) >= 11 is 0. The second-order valence-corrected chi connectivity index (χ2v) is 6.79. The number of halogens is 2. The van der Waals surface area contributed by atoms with Crippen molar-refractivity contribution < 1.29 is 51.6 Å². The van der Waals surface area contributed by atoms with E-state index in [0.29, 0.717) is 0 Å². The highest BCUT2D eigenvalue weighted by Crippen LogP contribution is 2.38. The van der Waals surface area contributed by atoms with Crippen LogP contribution in [0, 0.1) is 11.6 Å². The van der Waals surface area contributed by atoms with E-state index in [4.69, 9.17) is 23.7 Å². The first kappa shape index (κ1) is 24.2. The zero-order valence-corrected chi connectivity index (χ0v) is 17.3. The summed E-state index contributed by atoms with van der Waals surface area (Å²) in [6.07, 6.45) is -6.55. The van der Waals surface area contributed by atoms with Gasteiger partial charge in [-0.05, 0) is 17.7 Å². The predicted molar refractivity (Wildman–Crippen MR) is 97.3 cm³/mol. The Bertz CT molecular complexity index is 857. The quantitative estimate of drug-likeness (QED) is 0.478. The van der Waals surface area contributed by atoms with Crippen LogP contribution in [0.15, 0.2) is 18.2 Å².